The third kappa shape index (κ3) is 7.63. The fourth-order valence-electron chi connectivity index (χ4n) is 7.82. The van der Waals surface area contributed by atoms with Crippen LogP contribution in [-0.2, 0) is 18.9 Å². The number of piperidine rings is 1. The molecule has 5 fully saturated rings. The number of likely N-dealkylation sites (tertiary alicyclic amines) is 1. The van der Waals surface area contributed by atoms with Gasteiger partial charge in [-0.3, -0.25) is 14.5 Å². The number of rotatable bonds is 14. The molecule has 1 amide bonds. The third-order valence-corrected chi connectivity index (χ3v) is 10.2. The van der Waals surface area contributed by atoms with Gasteiger partial charge >= 0.3 is 7.12 Å². The van der Waals surface area contributed by atoms with Crippen molar-refractivity contribution in [1.29, 1.82) is 0 Å². The van der Waals surface area contributed by atoms with Crippen LogP contribution in [0.4, 0.5) is 0 Å². The Bertz CT molecular complexity index is 1020. The van der Waals surface area contributed by atoms with Crippen LogP contribution in [0.2, 0.25) is 0 Å². The maximum Gasteiger partial charge on any atom is 0.481 e. The monoisotopic (exact) mass is 590 g/mol. The standard InChI is InChI=1S/C29H51BN6O6/c1-19(2)14-25(30-41-24-17-21-16-23(28(21,3)4)29(24,5)42-30)33-26(38)20(10-9-11-32-27(31)34-36(39)40)15-22(37)18-35-12-7-6-8-13-35/h19-21,23-25H,6-18H2,1-5H3,(H,33,38)(H3,31,32,34)/t20-,21+,23+,24-,25+,29+/m1/s1. The van der Waals surface area contributed by atoms with Gasteiger partial charge < -0.3 is 20.4 Å². The van der Waals surface area contributed by atoms with Crippen molar-refractivity contribution in [2.75, 3.05) is 26.2 Å². The molecule has 0 spiro atoms. The first-order chi connectivity index (χ1) is 19.8. The quantitative estimate of drug-likeness (QED) is 0.0690. The van der Waals surface area contributed by atoms with E-state index in [1.165, 1.54) is 6.42 Å². The van der Waals surface area contributed by atoms with Crippen molar-refractivity contribution in [1.82, 2.24) is 15.6 Å². The molecule has 13 heteroatoms. The fourth-order valence-corrected chi connectivity index (χ4v) is 7.82. The molecule has 0 aromatic rings. The van der Waals surface area contributed by atoms with Crippen LogP contribution in [0, 0.1) is 39.2 Å². The molecule has 5 rings (SSSR count). The lowest BCUT2D eigenvalue weighted by atomic mass is 9.43. The highest BCUT2D eigenvalue weighted by atomic mass is 16.7. The Morgan fingerprint density at radius 3 is 2.55 bits per heavy atom. The van der Waals surface area contributed by atoms with Crippen molar-refractivity contribution < 1.29 is 23.9 Å². The number of nitrogens with one attached hydrogen (secondary N) is 2. The zero-order valence-corrected chi connectivity index (χ0v) is 26.1. The molecule has 42 heavy (non-hydrogen) atoms. The van der Waals surface area contributed by atoms with Gasteiger partial charge in [-0.1, -0.05) is 39.5 Å². The van der Waals surface area contributed by atoms with Crippen molar-refractivity contribution in [3.63, 3.8) is 0 Å². The average molecular weight is 591 g/mol. The van der Waals surface area contributed by atoms with E-state index in [0.717, 1.165) is 38.8 Å². The molecule has 2 bridgehead atoms. The first kappa shape index (κ1) is 32.7. The van der Waals surface area contributed by atoms with Crippen LogP contribution in [0.3, 0.4) is 0 Å². The molecule has 6 atom stereocenters. The normalized spacial score (nSPS) is 30.3. The molecule has 0 aromatic carbocycles. The maximum absolute atomic E-state index is 13.8. The van der Waals surface area contributed by atoms with Crippen LogP contribution < -0.4 is 16.5 Å². The molecule has 3 saturated carbocycles. The number of aliphatic imine (C=N–C) groups is 1. The number of nitro groups is 1. The zero-order valence-electron chi connectivity index (χ0n) is 26.1. The van der Waals surface area contributed by atoms with Crippen LogP contribution in [-0.4, -0.2) is 78.5 Å². The second kappa shape index (κ2) is 13.6. The van der Waals surface area contributed by atoms with Crippen molar-refractivity contribution in [2.24, 2.45) is 39.8 Å². The SMILES string of the molecule is CC(C)C[C@H](NC(=O)[C@H](CCCN=C(N)N[N+](=O)[O-])CC(=O)CN1CCCCC1)B1O[C@@H]2C[C@@H]3C[C@@H](C3(C)C)[C@]2(C)O1. The highest BCUT2D eigenvalue weighted by Gasteiger charge is 2.68. The van der Waals surface area contributed by atoms with Crippen molar-refractivity contribution in [3.05, 3.63) is 10.1 Å². The summed E-state index contributed by atoms with van der Waals surface area (Å²) in [4.78, 5) is 43.7. The predicted molar refractivity (Wildman–Crippen MR) is 161 cm³/mol. The van der Waals surface area contributed by atoms with E-state index in [0.29, 0.717) is 43.6 Å². The number of hydrogen-bond acceptors (Lipinski definition) is 8. The van der Waals surface area contributed by atoms with E-state index in [4.69, 9.17) is 15.0 Å². The molecule has 12 nitrogen and oxygen atoms in total. The maximum atomic E-state index is 13.8. The van der Waals surface area contributed by atoms with Gasteiger partial charge in [0.05, 0.1) is 24.2 Å². The molecule has 0 aromatic heterocycles. The summed E-state index contributed by atoms with van der Waals surface area (Å²) in [7, 11) is -0.538. The van der Waals surface area contributed by atoms with Gasteiger partial charge in [-0.05, 0) is 88.1 Å². The summed E-state index contributed by atoms with van der Waals surface area (Å²) >= 11 is 0. The summed E-state index contributed by atoms with van der Waals surface area (Å²) in [6, 6.07) is 0. The topological polar surface area (TPSA) is 161 Å². The highest BCUT2D eigenvalue weighted by Crippen LogP contribution is 2.65. The molecule has 2 heterocycles. The van der Waals surface area contributed by atoms with Crippen molar-refractivity contribution in [2.45, 2.75) is 110 Å². The Morgan fingerprint density at radius 2 is 1.90 bits per heavy atom. The Morgan fingerprint density at radius 1 is 1.19 bits per heavy atom. The molecule has 0 unspecified atom stereocenters. The van der Waals surface area contributed by atoms with E-state index >= 15 is 0 Å². The van der Waals surface area contributed by atoms with Crippen LogP contribution in [0.25, 0.3) is 0 Å². The number of carbonyl (C=O) groups excluding carboxylic acids is 2. The lowest BCUT2D eigenvalue weighted by molar-refractivity contribution is -0.525. The molecular formula is C29H51BN6O6. The highest BCUT2D eigenvalue weighted by molar-refractivity contribution is 6.47. The predicted octanol–water partition coefficient (Wildman–Crippen LogP) is 2.72. The van der Waals surface area contributed by atoms with Gasteiger partial charge in [0.2, 0.25) is 5.91 Å². The average Bonchev–Trinajstić information content (AvgIpc) is 3.27. The summed E-state index contributed by atoms with van der Waals surface area (Å²) in [5, 5.41) is 13.1. The molecule has 5 aliphatic rings. The Hall–Kier alpha value is -2.25. The largest absolute Gasteiger partial charge is 0.481 e. The Kier molecular flexibility index (Phi) is 10.6. The van der Waals surface area contributed by atoms with Crippen LogP contribution >= 0.6 is 0 Å². The van der Waals surface area contributed by atoms with Crippen LogP contribution in [0.15, 0.2) is 4.99 Å². The number of ketones is 1. The first-order valence-corrected chi connectivity index (χ1v) is 15.9. The summed E-state index contributed by atoms with van der Waals surface area (Å²) < 4.78 is 13.3. The summed E-state index contributed by atoms with van der Waals surface area (Å²) in [6.45, 7) is 13.4. The van der Waals surface area contributed by atoms with Gasteiger partial charge in [-0.25, -0.2) is 15.1 Å². The lowest BCUT2D eigenvalue weighted by Gasteiger charge is -2.64. The smallest absolute Gasteiger partial charge is 0.404 e. The molecule has 2 saturated heterocycles. The molecule has 236 valence electrons. The number of nitrogens with zero attached hydrogens (tertiary/aromatic N) is 3. The molecular weight excluding hydrogens is 539 g/mol. The van der Waals surface area contributed by atoms with Gasteiger partial charge in [0.1, 0.15) is 5.78 Å². The number of guanidine groups is 1. The molecule has 0 radical (unpaired) electrons. The van der Waals surface area contributed by atoms with E-state index < -0.39 is 18.1 Å². The summed E-state index contributed by atoms with van der Waals surface area (Å²) in [5.41, 5.74) is 7.21. The van der Waals surface area contributed by atoms with Crippen LogP contribution in [0.5, 0.6) is 0 Å². The summed E-state index contributed by atoms with van der Waals surface area (Å²) in [5.74, 6) is 0.0371. The van der Waals surface area contributed by atoms with Crippen LogP contribution in [0.1, 0.15) is 92.4 Å². The van der Waals surface area contributed by atoms with Gasteiger partial charge in [-0.15, -0.1) is 0 Å². The number of carbonyl (C=O) groups is 2. The number of Topliss-reactive ketones (excluding diaryl/α,β-unsaturated/α-hetero) is 1. The van der Waals surface area contributed by atoms with Gasteiger partial charge in [0.15, 0.2) is 5.03 Å². The minimum absolute atomic E-state index is 0.0175. The lowest BCUT2D eigenvalue weighted by Crippen LogP contribution is -2.65. The number of nitrogens with two attached hydrogens (primary N) is 1. The second-order valence-electron chi connectivity index (χ2n) is 14.1. The minimum atomic E-state index is -0.767. The van der Waals surface area contributed by atoms with Crippen molar-refractivity contribution >= 4 is 24.8 Å². The van der Waals surface area contributed by atoms with Crippen molar-refractivity contribution in [3.8, 4) is 0 Å². The second-order valence-corrected chi connectivity index (χ2v) is 14.1. The Balaban J connectivity index is 1.42. The Labute approximate surface area is 250 Å². The van der Waals surface area contributed by atoms with E-state index in [1.54, 1.807) is 0 Å². The van der Waals surface area contributed by atoms with Gasteiger partial charge in [-0.2, -0.15) is 0 Å². The zero-order chi connectivity index (χ0) is 30.7. The molecule has 2 aliphatic heterocycles. The third-order valence-electron chi connectivity index (χ3n) is 10.2. The van der Waals surface area contributed by atoms with Gasteiger partial charge in [0.25, 0.3) is 5.96 Å². The van der Waals surface area contributed by atoms with E-state index in [9.17, 15) is 19.7 Å². The number of hydrogen-bond donors (Lipinski definition) is 3. The molecule has 4 N–H and O–H groups in total. The minimum Gasteiger partial charge on any atom is -0.404 e. The fraction of sp³-hybridized carbons (Fsp3) is 0.897. The molecule has 3 aliphatic carbocycles. The van der Waals surface area contributed by atoms with Gasteiger partial charge in [0, 0.05) is 18.9 Å². The summed E-state index contributed by atoms with van der Waals surface area (Å²) in [6.07, 6.45) is 7.20. The number of amides is 1. The van der Waals surface area contributed by atoms with E-state index in [-0.39, 0.29) is 53.7 Å². The van der Waals surface area contributed by atoms with E-state index in [1.807, 2.05) is 5.43 Å². The number of hydrazine groups is 1. The first-order valence-electron chi connectivity index (χ1n) is 15.9. The van der Waals surface area contributed by atoms with E-state index in [2.05, 4.69) is 49.8 Å².